The van der Waals surface area contributed by atoms with E-state index in [4.69, 9.17) is 9.47 Å². The Bertz CT molecular complexity index is 849. The predicted molar refractivity (Wildman–Crippen MR) is 135 cm³/mol. The Morgan fingerprint density at radius 2 is 1.71 bits per heavy atom. The Morgan fingerprint density at radius 3 is 2.29 bits per heavy atom. The molecule has 8 heteroatoms. The van der Waals surface area contributed by atoms with E-state index in [2.05, 4.69) is 25.5 Å². The van der Waals surface area contributed by atoms with Crippen LogP contribution in [0.25, 0.3) is 0 Å². The molecule has 0 spiro atoms. The van der Waals surface area contributed by atoms with Crippen LogP contribution in [0.15, 0.2) is 24.3 Å². The lowest BCUT2D eigenvalue weighted by Gasteiger charge is -2.34. The van der Waals surface area contributed by atoms with Gasteiger partial charge in [0.1, 0.15) is 6.10 Å². The van der Waals surface area contributed by atoms with E-state index in [1.807, 2.05) is 12.1 Å². The number of ether oxygens (including phenoxy) is 2. The summed E-state index contributed by atoms with van der Waals surface area (Å²) in [4.78, 5) is 23.2. The average molecular weight is 498 g/mol. The van der Waals surface area contributed by atoms with Crippen molar-refractivity contribution in [3.8, 4) is 0 Å². The van der Waals surface area contributed by atoms with E-state index in [-0.39, 0.29) is 29.2 Å². The van der Waals surface area contributed by atoms with Gasteiger partial charge in [-0.15, -0.1) is 0 Å². The normalized spacial score (nSPS) is 12.9. The lowest BCUT2D eigenvalue weighted by Crippen LogP contribution is -2.34. The fourth-order valence-corrected chi connectivity index (χ4v) is 5.02. The summed E-state index contributed by atoms with van der Waals surface area (Å²) < 4.78 is 37.9. The average Bonchev–Trinajstić information content (AvgIpc) is 2.77. The molecule has 0 aliphatic heterocycles. The number of rotatable bonds is 17. The van der Waals surface area contributed by atoms with Crippen molar-refractivity contribution >= 4 is 22.0 Å². The van der Waals surface area contributed by atoms with Gasteiger partial charge in [0, 0.05) is 18.9 Å². The molecule has 0 saturated heterocycles. The number of esters is 2. The van der Waals surface area contributed by atoms with Crippen LogP contribution < -0.4 is 4.72 Å². The molecular weight excluding hydrogens is 454 g/mol. The highest BCUT2D eigenvalue weighted by Gasteiger charge is 2.31. The topological polar surface area (TPSA) is 98.8 Å². The number of aryl methyl sites for hydroxylation is 1. The Labute approximate surface area is 206 Å². The van der Waals surface area contributed by atoms with E-state index in [0.29, 0.717) is 50.8 Å². The summed E-state index contributed by atoms with van der Waals surface area (Å²) in [5.74, 6) is -0.575. The van der Waals surface area contributed by atoms with E-state index < -0.39 is 10.0 Å². The zero-order chi connectivity index (χ0) is 25.6. The minimum atomic E-state index is -3.35. The molecule has 1 aromatic rings. The summed E-state index contributed by atoms with van der Waals surface area (Å²) in [6.07, 6.45) is 6.15. The van der Waals surface area contributed by atoms with Crippen LogP contribution in [0.4, 0.5) is 0 Å². The van der Waals surface area contributed by atoms with Crippen molar-refractivity contribution in [3.05, 3.63) is 35.4 Å². The molecule has 1 N–H and O–H groups in total. The molecule has 0 heterocycles. The lowest BCUT2D eigenvalue weighted by atomic mass is 9.79. The minimum absolute atomic E-state index is 0.0589. The Kier molecular flexibility index (Phi) is 13.4. The summed E-state index contributed by atoms with van der Waals surface area (Å²) in [6, 6.07) is 7.18. The summed E-state index contributed by atoms with van der Waals surface area (Å²) in [5, 5.41) is 0. The number of nitrogens with one attached hydrogen (secondary N) is 1. The molecule has 34 heavy (non-hydrogen) atoms. The molecule has 0 aliphatic carbocycles. The van der Waals surface area contributed by atoms with E-state index in [0.717, 1.165) is 24.8 Å². The molecule has 0 radical (unpaired) electrons. The lowest BCUT2D eigenvalue weighted by molar-refractivity contribution is -0.153. The van der Waals surface area contributed by atoms with Crippen LogP contribution in [0.1, 0.15) is 95.5 Å². The number of hydrogen-bond donors (Lipinski definition) is 1. The predicted octanol–water partition coefficient (Wildman–Crippen LogP) is 5.03. The molecule has 0 amide bonds. The van der Waals surface area contributed by atoms with Gasteiger partial charge in [0.25, 0.3) is 0 Å². The zero-order valence-corrected chi connectivity index (χ0v) is 22.3. The van der Waals surface area contributed by atoms with Gasteiger partial charge < -0.3 is 9.47 Å². The number of benzene rings is 1. The van der Waals surface area contributed by atoms with Crippen molar-refractivity contribution in [2.75, 3.05) is 18.9 Å². The molecule has 1 aromatic carbocycles. The van der Waals surface area contributed by atoms with Crippen LogP contribution in [-0.2, 0) is 30.7 Å². The largest absolute Gasteiger partial charge is 0.462 e. The third kappa shape index (κ3) is 12.0. The summed E-state index contributed by atoms with van der Waals surface area (Å²) in [6.45, 7) is 10.2. The van der Waals surface area contributed by atoms with E-state index in [9.17, 15) is 18.0 Å². The van der Waals surface area contributed by atoms with Gasteiger partial charge in [-0.2, -0.15) is 0 Å². The first kappa shape index (κ1) is 30.1. The first-order chi connectivity index (χ1) is 16.0. The van der Waals surface area contributed by atoms with Gasteiger partial charge in [0.05, 0.1) is 17.9 Å². The maximum Gasteiger partial charge on any atom is 0.338 e. The fraction of sp³-hybridized carbons (Fsp3) is 0.692. The highest BCUT2D eigenvalue weighted by molar-refractivity contribution is 7.89. The molecule has 0 aliphatic rings. The quantitative estimate of drug-likeness (QED) is 0.239. The van der Waals surface area contributed by atoms with Gasteiger partial charge in [-0.25, -0.2) is 17.9 Å². The summed E-state index contributed by atoms with van der Waals surface area (Å²) in [7, 11) is -3.35. The van der Waals surface area contributed by atoms with Crippen molar-refractivity contribution in [3.63, 3.8) is 0 Å². The van der Waals surface area contributed by atoms with Gasteiger partial charge in [0.15, 0.2) is 0 Å². The number of hydrogen-bond acceptors (Lipinski definition) is 6. The molecule has 0 bridgehead atoms. The molecular formula is C26H43NO6S. The molecule has 194 valence electrons. The number of sulfonamides is 1. The monoisotopic (exact) mass is 497 g/mol. The number of carbonyl (C=O) groups excluding carboxylic acids is 2. The van der Waals surface area contributed by atoms with Crippen LogP contribution in [-0.4, -0.2) is 45.4 Å². The summed E-state index contributed by atoms with van der Waals surface area (Å²) in [5.41, 5.74) is 1.42. The second kappa shape index (κ2) is 15.1. The number of carbonyl (C=O) groups is 2. The molecule has 1 rings (SSSR count). The second-order valence-electron chi connectivity index (χ2n) is 9.42. The molecule has 0 aromatic heterocycles. The van der Waals surface area contributed by atoms with Crippen LogP contribution in [0, 0.1) is 5.41 Å². The van der Waals surface area contributed by atoms with Crippen molar-refractivity contribution in [2.24, 2.45) is 5.41 Å². The molecule has 0 saturated carbocycles. The van der Waals surface area contributed by atoms with E-state index in [1.165, 1.54) is 6.92 Å². The third-order valence-electron chi connectivity index (χ3n) is 5.91. The molecule has 7 nitrogen and oxygen atoms in total. The van der Waals surface area contributed by atoms with Gasteiger partial charge in [-0.05, 0) is 63.1 Å². The van der Waals surface area contributed by atoms with Gasteiger partial charge >= 0.3 is 11.9 Å². The van der Waals surface area contributed by atoms with Gasteiger partial charge in [-0.3, -0.25) is 4.79 Å². The first-order valence-corrected chi connectivity index (χ1v) is 14.1. The zero-order valence-electron chi connectivity index (χ0n) is 21.5. The van der Waals surface area contributed by atoms with Crippen LogP contribution >= 0.6 is 0 Å². The maximum atomic E-state index is 12.3. The summed E-state index contributed by atoms with van der Waals surface area (Å²) >= 11 is 0. The van der Waals surface area contributed by atoms with E-state index in [1.54, 1.807) is 19.1 Å². The van der Waals surface area contributed by atoms with Crippen LogP contribution in [0.2, 0.25) is 0 Å². The Morgan fingerprint density at radius 1 is 1.03 bits per heavy atom. The molecule has 1 unspecified atom stereocenters. The minimum Gasteiger partial charge on any atom is -0.462 e. The Balaban J connectivity index is 2.38. The van der Waals surface area contributed by atoms with Crippen molar-refractivity contribution in [1.29, 1.82) is 0 Å². The molecule has 1 atom stereocenters. The van der Waals surface area contributed by atoms with E-state index >= 15 is 0 Å². The third-order valence-corrected chi connectivity index (χ3v) is 7.38. The van der Waals surface area contributed by atoms with Gasteiger partial charge in [-0.1, -0.05) is 45.7 Å². The SMILES string of the molecule is CCCCC(C)(C)C(CCCCS(=O)(=O)NCCCc1ccc(C(=O)OCC)cc1)OC(C)=O. The van der Waals surface area contributed by atoms with Crippen LogP contribution in [0.5, 0.6) is 0 Å². The smallest absolute Gasteiger partial charge is 0.338 e. The van der Waals surface area contributed by atoms with Gasteiger partial charge in [0.2, 0.25) is 10.0 Å². The number of unbranched alkanes of at least 4 members (excludes halogenated alkanes) is 2. The van der Waals surface area contributed by atoms with Crippen molar-refractivity contribution in [2.45, 2.75) is 92.1 Å². The Hall–Kier alpha value is -1.93. The van der Waals surface area contributed by atoms with Crippen molar-refractivity contribution in [1.82, 2.24) is 4.72 Å². The standard InChI is InChI=1S/C26H43NO6S/c1-6-8-18-26(4,5)24(33-21(3)28)13-9-10-20-34(30,31)27-19-11-12-22-14-16-23(17-15-22)25(29)32-7-2/h14-17,24,27H,6-13,18-20H2,1-5H3. The highest BCUT2D eigenvalue weighted by Crippen LogP contribution is 2.33. The fourth-order valence-electron chi connectivity index (χ4n) is 3.84. The van der Waals surface area contributed by atoms with Crippen LogP contribution in [0.3, 0.4) is 0 Å². The molecule has 0 fully saturated rings. The second-order valence-corrected chi connectivity index (χ2v) is 11.3. The first-order valence-electron chi connectivity index (χ1n) is 12.4. The highest BCUT2D eigenvalue weighted by atomic mass is 32.2. The van der Waals surface area contributed by atoms with Crippen molar-refractivity contribution < 1.29 is 27.5 Å². The maximum absolute atomic E-state index is 12.3.